The standard InChI is InChI=1S/C11H13BrN2O2S2/c1-9(8-14-18(15,16)7-6-13)17-11-4-2-10(12)3-5-11/h2-5,9,14H,7-8H2,1H3/t9-/m0/s1. The number of nitrogens with zero attached hydrogens (tertiary/aromatic N) is 1. The molecule has 98 valence electrons. The molecule has 0 aromatic heterocycles. The Balaban J connectivity index is 2.45. The Hall–Kier alpha value is -0.550. The number of thioether (sulfide) groups is 1. The van der Waals surface area contributed by atoms with E-state index in [1.54, 1.807) is 17.8 Å². The number of nitrogens with one attached hydrogen (secondary N) is 1. The monoisotopic (exact) mass is 348 g/mol. The lowest BCUT2D eigenvalue weighted by atomic mass is 10.4. The van der Waals surface area contributed by atoms with Crippen molar-refractivity contribution in [3.8, 4) is 6.07 Å². The molecule has 1 rings (SSSR count). The van der Waals surface area contributed by atoms with Crippen molar-refractivity contribution in [3.05, 3.63) is 28.7 Å². The summed E-state index contributed by atoms with van der Waals surface area (Å²) in [5.41, 5.74) is 0. The molecule has 4 nitrogen and oxygen atoms in total. The Kier molecular flexibility index (Phi) is 6.15. The van der Waals surface area contributed by atoms with Gasteiger partial charge in [0.25, 0.3) is 0 Å². The van der Waals surface area contributed by atoms with Crippen molar-refractivity contribution in [2.75, 3.05) is 12.3 Å². The molecule has 0 fully saturated rings. The van der Waals surface area contributed by atoms with E-state index in [4.69, 9.17) is 5.26 Å². The normalized spacial score (nSPS) is 12.9. The van der Waals surface area contributed by atoms with Crippen LogP contribution < -0.4 is 4.72 Å². The third kappa shape index (κ3) is 5.87. The molecule has 0 saturated heterocycles. The van der Waals surface area contributed by atoms with E-state index < -0.39 is 15.8 Å². The van der Waals surface area contributed by atoms with Gasteiger partial charge in [0.2, 0.25) is 10.0 Å². The summed E-state index contributed by atoms with van der Waals surface area (Å²) in [4.78, 5) is 1.07. The van der Waals surface area contributed by atoms with Gasteiger partial charge in [0.1, 0.15) is 0 Å². The zero-order chi connectivity index (χ0) is 13.6. The molecule has 0 radical (unpaired) electrons. The first-order valence-electron chi connectivity index (χ1n) is 5.19. The number of sulfonamides is 1. The third-order valence-corrected chi connectivity index (χ3v) is 4.75. The van der Waals surface area contributed by atoms with E-state index in [0.717, 1.165) is 9.37 Å². The molecule has 7 heteroatoms. The van der Waals surface area contributed by atoms with Gasteiger partial charge in [0, 0.05) is 21.2 Å². The largest absolute Gasteiger partial charge is 0.225 e. The lowest BCUT2D eigenvalue weighted by Gasteiger charge is -2.11. The molecule has 1 aromatic carbocycles. The fraction of sp³-hybridized carbons (Fsp3) is 0.364. The number of hydrogen-bond donors (Lipinski definition) is 1. The molecule has 18 heavy (non-hydrogen) atoms. The van der Waals surface area contributed by atoms with Gasteiger partial charge in [-0.05, 0) is 24.3 Å². The molecule has 0 aliphatic rings. The van der Waals surface area contributed by atoms with Crippen LogP contribution in [-0.4, -0.2) is 26.0 Å². The fourth-order valence-electron chi connectivity index (χ4n) is 1.17. The first kappa shape index (κ1) is 15.5. The lowest BCUT2D eigenvalue weighted by molar-refractivity contribution is 0.585. The Morgan fingerprint density at radius 1 is 1.44 bits per heavy atom. The van der Waals surface area contributed by atoms with Crippen molar-refractivity contribution in [3.63, 3.8) is 0 Å². The van der Waals surface area contributed by atoms with Crippen LogP contribution in [0.1, 0.15) is 6.92 Å². The molecule has 0 unspecified atom stereocenters. The van der Waals surface area contributed by atoms with Gasteiger partial charge in [-0.25, -0.2) is 13.1 Å². The lowest BCUT2D eigenvalue weighted by Crippen LogP contribution is -2.31. The Morgan fingerprint density at radius 2 is 2.06 bits per heavy atom. The second kappa shape index (κ2) is 7.14. The van der Waals surface area contributed by atoms with Crippen LogP contribution in [0.25, 0.3) is 0 Å². The van der Waals surface area contributed by atoms with Crippen LogP contribution in [0.4, 0.5) is 0 Å². The molecule has 0 bridgehead atoms. The predicted octanol–water partition coefficient (Wildman–Crippen LogP) is 2.37. The highest BCUT2D eigenvalue weighted by molar-refractivity contribution is 9.10. The molecule has 0 amide bonds. The zero-order valence-corrected chi connectivity index (χ0v) is 13.0. The van der Waals surface area contributed by atoms with E-state index in [1.807, 2.05) is 31.2 Å². The first-order chi connectivity index (χ1) is 8.43. The zero-order valence-electron chi connectivity index (χ0n) is 9.76. The fourth-order valence-corrected chi connectivity index (χ4v) is 3.24. The van der Waals surface area contributed by atoms with Gasteiger partial charge < -0.3 is 0 Å². The maximum Gasteiger partial charge on any atom is 0.225 e. The van der Waals surface area contributed by atoms with Gasteiger partial charge in [-0.3, -0.25) is 0 Å². The highest BCUT2D eigenvalue weighted by Gasteiger charge is 2.12. The molecule has 0 saturated carbocycles. The maximum atomic E-state index is 11.3. The van der Waals surface area contributed by atoms with E-state index in [1.165, 1.54) is 0 Å². The number of halogens is 1. The van der Waals surface area contributed by atoms with Crippen LogP contribution >= 0.6 is 27.7 Å². The molecule has 0 heterocycles. The summed E-state index contributed by atoms with van der Waals surface area (Å²) in [5.74, 6) is -0.497. The van der Waals surface area contributed by atoms with Crippen molar-refractivity contribution in [2.45, 2.75) is 17.1 Å². The van der Waals surface area contributed by atoms with Gasteiger partial charge in [-0.1, -0.05) is 22.9 Å². The third-order valence-electron chi connectivity index (χ3n) is 2.00. The average molecular weight is 349 g/mol. The smallest absolute Gasteiger partial charge is 0.213 e. The number of rotatable bonds is 6. The summed E-state index contributed by atoms with van der Waals surface area (Å²) in [6.45, 7) is 2.24. The Bertz CT molecular complexity index is 523. The first-order valence-corrected chi connectivity index (χ1v) is 8.52. The predicted molar refractivity (Wildman–Crippen MR) is 76.9 cm³/mol. The number of hydrogen-bond acceptors (Lipinski definition) is 4. The van der Waals surface area contributed by atoms with Crippen LogP contribution in [0.5, 0.6) is 0 Å². The van der Waals surface area contributed by atoms with Crippen LogP contribution in [0.2, 0.25) is 0 Å². The molecular formula is C11H13BrN2O2S2. The number of nitriles is 1. The van der Waals surface area contributed by atoms with Crippen LogP contribution in [0, 0.1) is 11.3 Å². The van der Waals surface area contributed by atoms with Gasteiger partial charge >= 0.3 is 0 Å². The minimum absolute atomic E-state index is 0.0969. The SMILES string of the molecule is C[C@@H](CNS(=O)(=O)CC#N)Sc1ccc(Br)cc1. The van der Waals surface area contributed by atoms with E-state index in [0.29, 0.717) is 6.54 Å². The Labute approximate surface area is 120 Å². The summed E-state index contributed by atoms with van der Waals surface area (Å²) in [6, 6.07) is 9.44. The summed E-state index contributed by atoms with van der Waals surface area (Å²) >= 11 is 4.93. The van der Waals surface area contributed by atoms with Crippen LogP contribution in [0.3, 0.4) is 0 Å². The summed E-state index contributed by atoms with van der Waals surface area (Å²) < 4.78 is 26.0. The van der Waals surface area contributed by atoms with Gasteiger partial charge in [0.05, 0.1) is 6.07 Å². The molecule has 1 N–H and O–H groups in total. The minimum Gasteiger partial charge on any atom is -0.213 e. The summed E-state index contributed by atoms with van der Waals surface area (Å²) in [7, 11) is -3.46. The van der Waals surface area contributed by atoms with Gasteiger partial charge in [0.15, 0.2) is 5.75 Å². The van der Waals surface area contributed by atoms with Gasteiger partial charge in [-0.15, -0.1) is 11.8 Å². The second-order valence-corrected chi connectivity index (χ2v) is 7.88. The molecule has 1 atom stereocenters. The van der Waals surface area contributed by atoms with E-state index >= 15 is 0 Å². The molecule has 0 spiro atoms. The van der Waals surface area contributed by atoms with E-state index in [-0.39, 0.29) is 5.25 Å². The molecule has 0 aliphatic heterocycles. The number of benzene rings is 1. The highest BCUT2D eigenvalue weighted by Crippen LogP contribution is 2.24. The molecule has 0 aliphatic carbocycles. The van der Waals surface area contributed by atoms with Crippen LogP contribution in [0.15, 0.2) is 33.6 Å². The van der Waals surface area contributed by atoms with Crippen LogP contribution in [-0.2, 0) is 10.0 Å². The minimum atomic E-state index is -3.46. The van der Waals surface area contributed by atoms with Crippen molar-refractivity contribution in [2.24, 2.45) is 0 Å². The quantitative estimate of drug-likeness (QED) is 0.801. The topological polar surface area (TPSA) is 70.0 Å². The van der Waals surface area contributed by atoms with Crippen molar-refractivity contribution in [1.29, 1.82) is 5.26 Å². The van der Waals surface area contributed by atoms with Crippen molar-refractivity contribution < 1.29 is 8.42 Å². The van der Waals surface area contributed by atoms with Crippen molar-refractivity contribution in [1.82, 2.24) is 4.72 Å². The van der Waals surface area contributed by atoms with Gasteiger partial charge in [-0.2, -0.15) is 5.26 Å². The highest BCUT2D eigenvalue weighted by atomic mass is 79.9. The average Bonchev–Trinajstić information content (AvgIpc) is 2.30. The summed E-state index contributed by atoms with van der Waals surface area (Å²) in [5, 5.41) is 8.45. The summed E-state index contributed by atoms with van der Waals surface area (Å²) in [6.07, 6.45) is 0. The van der Waals surface area contributed by atoms with Crippen molar-refractivity contribution >= 4 is 37.7 Å². The molecular weight excluding hydrogens is 336 g/mol. The maximum absolute atomic E-state index is 11.3. The van der Waals surface area contributed by atoms with E-state index in [9.17, 15) is 8.42 Å². The van der Waals surface area contributed by atoms with E-state index in [2.05, 4.69) is 20.7 Å². The molecule has 1 aromatic rings. The Morgan fingerprint density at radius 3 is 2.61 bits per heavy atom. The second-order valence-electron chi connectivity index (χ2n) is 3.65.